The van der Waals surface area contributed by atoms with E-state index in [9.17, 15) is 5.11 Å². The first kappa shape index (κ1) is 6.38. The zero-order chi connectivity index (χ0) is 8.18. The molecule has 2 aliphatic rings. The Hall–Kier alpha value is -1.15. The summed E-state index contributed by atoms with van der Waals surface area (Å²) in [6.45, 7) is 0. The van der Waals surface area contributed by atoms with Crippen LogP contribution in [-0.4, -0.2) is 16.7 Å². The molecule has 1 aliphatic carbocycles. The summed E-state index contributed by atoms with van der Waals surface area (Å²) in [5, 5.41) is 11.5. The third-order valence-corrected chi connectivity index (χ3v) is 2.61. The van der Waals surface area contributed by atoms with Crippen LogP contribution in [0.2, 0.25) is 0 Å². The van der Waals surface area contributed by atoms with Crippen molar-refractivity contribution < 1.29 is 5.11 Å². The second-order valence-corrected chi connectivity index (χ2v) is 3.53. The van der Waals surface area contributed by atoms with E-state index >= 15 is 0 Å². The maximum absolute atomic E-state index is 9.36. The van der Waals surface area contributed by atoms with E-state index in [2.05, 4.69) is 11.1 Å². The van der Waals surface area contributed by atoms with Crippen molar-refractivity contribution in [3.63, 3.8) is 0 Å². The Morgan fingerprint density at radius 3 is 2.83 bits per heavy atom. The number of fused-ring (bicyclic) bond motifs is 1. The van der Waals surface area contributed by atoms with Crippen molar-refractivity contribution in [2.75, 3.05) is 0 Å². The molecule has 2 unspecified atom stereocenters. The average Bonchev–Trinajstić information content (AvgIpc) is 2.57. The molecule has 1 spiro atoms. The van der Waals surface area contributed by atoms with Crippen LogP contribution in [0.15, 0.2) is 29.3 Å². The van der Waals surface area contributed by atoms with E-state index in [1.807, 2.05) is 24.3 Å². The third kappa shape index (κ3) is 0.655. The van der Waals surface area contributed by atoms with Gasteiger partial charge in [-0.2, -0.15) is 0 Å². The fourth-order valence-electron chi connectivity index (χ4n) is 1.76. The first-order chi connectivity index (χ1) is 5.80. The van der Waals surface area contributed by atoms with Crippen molar-refractivity contribution in [1.82, 2.24) is 0 Å². The van der Waals surface area contributed by atoms with Crippen LogP contribution < -0.4 is 10.6 Å². The molecule has 3 rings (SSSR count). The predicted molar refractivity (Wildman–Crippen MR) is 45.0 cm³/mol. The molecule has 2 atom stereocenters. The Bertz CT molecular complexity index is 414. The zero-order valence-corrected chi connectivity index (χ0v) is 6.57. The van der Waals surface area contributed by atoms with Crippen LogP contribution in [0.4, 0.5) is 0 Å². The van der Waals surface area contributed by atoms with Gasteiger partial charge in [-0.05, 0) is 17.4 Å². The number of nitrogens with zero attached hydrogens (tertiary/aromatic N) is 1. The first-order valence-corrected chi connectivity index (χ1v) is 4.16. The van der Waals surface area contributed by atoms with Crippen LogP contribution in [0.5, 0.6) is 0 Å². The lowest BCUT2D eigenvalue weighted by molar-refractivity contribution is 0.263. The van der Waals surface area contributed by atoms with Gasteiger partial charge in [0, 0.05) is 6.42 Å². The van der Waals surface area contributed by atoms with Gasteiger partial charge in [0.15, 0.2) is 0 Å². The molecule has 0 saturated heterocycles. The molecule has 2 heteroatoms. The number of aliphatic hydroxyl groups excluding tert-OH is 1. The van der Waals surface area contributed by atoms with Crippen LogP contribution in [0, 0.1) is 0 Å². The van der Waals surface area contributed by atoms with Gasteiger partial charge in [0.1, 0.15) is 5.54 Å². The topological polar surface area (TPSA) is 32.6 Å². The van der Waals surface area contributed by atoms with Crippen LogP contribution in [0.25, 0.3) is 6.08 Å². The Morgan fingerprint density at radius 1 is 1.42 bits per heavy atom. The first-order valence-electron chi connectivity index (χ1n) is 4.16. The number of rotatable bonds is 0. The lowest BCUT2D eigenvalue weighted by Gasteiger charge is -1.95. The van der Waals surface area contributed by atoms with E-state index < -0.39 is 0 Å². The monoisotopic (exact) mass is 159 g/mol. The van der Waals surface area contributed by atoms with Gasteiger partial charge in [-0.1, -0.05) is 18.2 Å². The summed E-state index contributed by atoms with van der Waals surface area (Å²) in [4.78, 5) is 4.47. The highest BCUT2D eigenvalue weighted by Gasteiger charge is 2.53. The van der Waals surface area contributed by atoms with Gasteiger partial charge in [0.05, 0.1) is 11.5 Å². The Morgan fingerprint density at radius 2 is 2.17 bits per heavy atom. The van der Waals surface area contributed by atoms with Crippen molar-refractivity contribution in [3.8, 4) is 0 Å². The highest BCUT2D eigenvalue weighted by Crippen LogP contribution is 2.42. The largest absolute Gasteiger partial charge is 0.390 e. The van der Waals surface area contributed by atoms with E-state index in [0.29, 0.717) is 0 Å². The number of para-hydroxylation sites is 1. The summed E-state index contributed by atoms with van der Waals surface area (Å²) in [6.07, 6.45) is 2.62. The van der Waals surface area contributed by atoms with E-state index in [4.69, 9.17) is 0 Å². The molecule has 1 heterocycles. The molecule has 1 saturated carbocycles. The molecule has 12 heavy (non-hydrogen) atoms. The maximum atomic E-state index is 9.36. The molecule has 1 aromatic carbocycles. The molecule has 60 valence electrons. The van der Waals surface area contributed by atoms with Gasteiger partial charge in [-0.15, -0.1) is 0 Å². The third-order valence-electron chi connectivity index (χ3n) is 2.61. The minimum Gasteiger partial charge on any atom is -0.390 e. The highest BCUT2D eigenvalue weighted by molar-refractivity contribution is 5.50. The summed E-state index contributed by atoms with van der Waals surface area (Å²) in [5.74, 6) is 0. The molecule has 2 nitrogen and oxygen atoms in total. The molecule has 1 aliphatic heterocycles. The van der Waals surface area contributed by atoms with Gasteiger partial charge >= 0.3 is 0 Å². The van der Waals surface area contributed by atoms with E-state index in [1.165, 1.54) is 0 Å². The predicted octanol–water partition coefficient (Wildman–Crippen LogP) is -0.396. The van der Waals surface area contributed by atoms with Gasteiger partial charge in [0.2, 0.25) is 0 Å². The van der Waals surface area contributed by atoms with Gasteiger partial charge in [-0.3, -0.25) is 4.99 Å². The fourth-order valence-corrected chi connectivity index (χ4v) is 1.76. The van der Waals surface area contributed by atoms with E-state index in [1.54, 1.807) is 0 Å². The minimum atomic E-state index is -0.245. The van der Waals surface area contributed by atoms with Crippen LogP contribution in [0.1, 0.15) is 6.42 Å². The molecule has 0 bridgehead atoms. The van der Waals surface area contributed by atoms with Crippen LogP contribution >= 0.6 is 0 Å². The number of benzene rings is 1. The van der Waals surface area contributed by atoms with E-state index in [0.717, 1.165) is 17.0 Å². The Labute approximate surface area is 69.9 Å². The summed E-state index contributed by atoms with van der Waals surface area (Å²) in [6, 6.07) is 8.01. The lowest BCUT2D eigenvalue weighted by Crippen LogP contribution is -2.19. The average molecular weight is 159 g/mol. The Balaban J connectivity index is 2.30. The van der Waals surface area contributed by atoms with Crippen molar-refractivity contribution >= 4 is 6.08 Å². The smallest absolute Gasteiger partial charge is 0.109 e. The number of aliphatic hydroxyl groups is 1. The quantitative estimate of drug-likeness (QED) is 0.549. The van der Waals surface area contributed by atoms with Gasteiger partial charge < -0.3 is 5.11 Å². The standard InChI is InChI=1S/C10H9NO/c12-9-6-10(9)5-7-3-1-2-4-8(7)11-10/h1-5,9,12H,6H2. The second-order valence-electron chi connectivity index (χ2n) is 3.53. The molecule has 0 aromatic heterocycles. The molecule has 1 aromatic rings. The van der Waals surface area contributed by atoms with Crippen molar-refractivity contribution in [2.45, 2.75) is 18.1 Å². The molecule has 1 fully saturated rings. The second kappa shape index (κ2) is 1.77. The molecule has 0 amide bonds. The lowest BCUT2D eigenvalue weighted by atomic mass is 10.2. The van der Waals surface area contributed by atoms with Gasteiger partial charge in [-0.25, -0.2) is 0 Å². The molecular weight excluding hydrogens is 150 g/mol. The molecular formula is C10H9NO. The van der Waals surface area contributed by atoms with E-state index in [-0.39, 0.29) is 11.6 Å². The SMILES string of the molecule is OC1CC12C=c1ccccc1=N2. The summed E-state index contributed by atoms with van der Waals surface area (Å²) in [7, 11) is 0. The summed E-state index contributed by atoms with van der Waals surface area (Å²) in [5.41, 5.74) is -0.232. The minimum absolute atomic E-state index is 0.232. The normalized spacial score (nSPS) is 35.6. The Kier molecular flexibility index (Phi) is 0.943. The van der Waals surface area contributed by atoms with Crippen LogP contribution in [0.3, 0.4) is 0 Å². The maximum Gasteiger partial charge on any atom is 0.109 e. The van der Waals surface area contributed by atoms with Crippen molar-refractivity contribution in [2.24, 2.45) is 4.99 Å². The highest BCUT2D eigenvalue weighted by atomic mass is 16.3. The van der Waals surface area contributed by atoms with Crippen molar-refractivity contribution in [3.05, 3.63) is 34.8 Å². The van der Waals surface area contributed by atoms with Crippen LogP contribution in [-0.2, 0) is 0 Å². The summed E-state index contributed by atoms with van der Waals surface area (Å²) >= 11 is 0. The van der Waals surface area contributed by atoms with Gasteiger partial charge in [0.25, 0.3) is 0 Å². The number of hydrogen-bond acceptors (Lipinski definition) is 2. The fraction of sp³-hybridized carbons (Fsp3) is 0.300. The molecule has 0 radical (unpaired) electrons. The number of hydrogen-bond donors (Lipinski definition) is 1. The molecule has 1 N–H and O–H groups in total. The van der Waals surface area contributed by atoms with Crippen molar-refractivity contribution in [1.29, 1.82) is 0 Å². The summed E-state index contributed by atoms with van der Waals surface area (Å²) < 4.78 is 0. The zero-order valence-electron chi connectivity index (χ0n) is 6.57.